The van der Waals surface area contributed by atoms with E-state index in [1.807, 2.05) is 0 Å². The predicted molar refractivity (Wildman–Crippen MR) is 80.5 cm³/mol. The molecule has 1 aliphatic carbocycles. The molecular weight excluding hydrogens is 364 g/mol. The third kappa shape index (κ3) is 3.46. The van der Waals surface area contributed by atoms with Gasteiger partial charge in [0, 0.05) is 23.1 Å². The number of benzene rings is 1. The van der Waals surface area contributed by atoms with Gasteiger partial charge in [-0.15, -0.1) is 0 Å². The average molecular weight is 382 g/mol. The number of sulfonamides is 1. The Labute approximate surface area is 132 Å². The first-order valence-corrected chi connectivity index (χ1v) is 9.27. The molecule has 0 spiro atoms. The van der Waals surface area contributed by atoms with Crippen molar-refractivity contribution in [2.45, 2.75) is 50.0 Å². The van der Waals surface area contributed by atoms with Crippen molar-refractivity contribution < 1.29 is 17.2 Å². The molecule has 1 saturated carbocycles. The van der Waals surface area contributed by atoms with Gasteiger partial charge in [0.25, 0.3) is 0 Å². The summed E-state index contributed by atoms with van der Waals surface area (Å²) >= 11 is 2.97. The van der Waals surface area contributed by atoms with Crippen molar-refractivity contribution in [3.8, 4) is 0 Å². The second kappa shape index (κ2) is 6.71. The molecule has 2 rings (SSSR count). The molecule has 0 atom stereocenters. The first-order valence-electron chi connectivity index (χ1n) is 7.04. The van der Waals surface area contributed by atoms with Crippen molar-refractivity contribution in [3.05, 3.63) is 28.2 Å². The van der Waals surface area contributed by atoms with Crippen LogP contribution in [0.25, 0.3) is 0 Å². The molecule has 0 aliphatic heterocycles. The van der Waals surface area contributed by atoms with E-state index in [2.05, 4.69) is 15.9 Å². The maximum atomic E-state index is 14.0. The lowest BCUT2D eigenvalue weighted by molar-refractivity contribution is 0.260. The number of hydrogen-bond acceptors (Lipinski definition) is 2. The van der Waals surface area contributed by atoms with E-state index in [0.29, 0.717) is 6.07 Å². The lowest BCUT2D eigenvalue weighted by Gasteiger charge is -2.32. The molecule has 0 heterocycles. The van der Waals surface area contributed by atoms with Crippen molar-refractivity contribution in [2.24, 2.45) is 0 Å². The Morgan fingerprint density at radius 2 is 1.86 bits per heavy atom. The van der Waals surface area contributed by atoms with Crippen molar-refractivity contribution in [3.63, 3.8) is 0 Å². The fraction of sp³-hybridized carbons (Fsp3) is 0.571. The monoisotopic (exact) mass is 381 g/mol. The van der Waals surface area contributed by atoms with E-state index in [1.165, 1.54) is 4.31 Å². The molecule has 0 aromatic heterocycles. The Morgan fingerprint density at radius 1 is 1.24 bits per heavy atom. The van der Waals surface area contributed by atoms with E-state index in [1.54, 1.807) is 6.92 Å². The number of nitrogens with zero attached hydrogens (tertiary/aromatic N) is 1. The van der Waals surface area contributed by atoms with Gasteiger partial charge in [0.15, 0.2) is 0 Å². The zero-order valence-corrected chi connectivity index (χ0v) is 14.2. The van der Waals surface area contributed by atoms with Crippen LogP contribution in [0.1, 0.15) is 39.0 Å². The third-order valence-corrected chi connectivity index (χ3v) is 6.82. The molecule has 3 nitrogen and oxygen atoms in total. The topological polar surface area (TPSA) is 37.4 Å². The van der Waals surface area contributed by atoms with Gasteiger partial charge >= 0.3 is 0 Å². The Morgan fingerprint density at radius 3 is 2.38 bits per heavy atom. The number of halogens is 3. The highest BCUT2D eigenvalue weighted by atomic mass is 79.9. The van der Waals surface area contributed by atoms with Gasteiger partial charge in [-0.05, 0) is 34.8 Å². The molecule has 0 saturated heterocycles. The first-order chi connectivity index (χ1) is 9.87. The summed E-state index contributed by atoms with van der Waals surface area (Å²) in [5, 5.41) is 0. The molecule has 1 aromatic carbocycles. The second-order valence-corrected chi connectivity index (χ2v) is 7.88. The molecule has 0 radical (unpaired) electrons. The van der Waals surface area contributed by atoms with E-state index < -0.39 is 26.6 Å². The molecule has 7 heteroatoms. The van der Waals surface area contributed by atoms with Crippen LogP contribution in [0.2, 0.25) is 0 Å². The molecule has 1 fully saturated rings. The van der Waals surface area contributed by atoms with Crippen LogP contribution in [0, 0.1) is 11.6 Å². The third-order valence-electron chi connectivity index (χ3n) is 3.82. The van der Waals surface area contributed by atoms with Crippen LogP contribution in [0.15, 0.2) is 21.5 Å². The largest absolute Gasteiger partial charge is 0.247 e. The fourth-order valence-corrected chi connectivity index (χ4v) is 5.70. The van der Waals surface area contributed by atoms with Gasteiger partial charge in [0.2, 0.25) is 10.0 Å². The summed E-state index contributed by atoms with van der Waals surface area (Å²) in [5.41, 5.74) is 0. The summed E-state index contributed by atoms with van der Waals surface area (Å²) in [6.07, 6.45) is 4.62. The molecule has 0 unspecified atom stereocenters. The van der Waals surface area contributed by atoms with E-state index in [4.69, 9.17) is 0 Å². The van der Waals surface area contributed by atoms with Crippen LogP contribution in [0.5, 0.6) is 0 Å². The van der Waals surface area contributed by atoms with E-state index in [9.17, 15) is 17.2 Å². The van der Waals surface area contributed by atoms with Crippen LogP contribution < -0.4 is 0 Å². The maximum absolute atomic E-state index is 14.0. The molecule has 0 bridgehead atoms. The van der Waals surface area contributed by atoms with Gasteiger partial charge < -0.3 is 0 Å². The lowest BCUT2D eigenvalue weighted by atomic mass is 9.95. The smallest absolute Gasteiger partial charge is 0.207 e. The Hall–Kier alpha value is -0.530. The van der Waals surface area contributed by atoms with Gasteiger partial charge in [0.05, 0.1) is 0 Å². The minimum absolute atomic E-state index is 0.0748. The summed E-state index contributed by atoms with van der Waals surface area (Å²) < 4.78 is 53.9. The molecule has 1 aliphatic rings. The van der Waals surface area contributed by atoms with Gasteiger partial charge in [0.1, 0.15) is 16.5 Å². The van der Waals surface area contributed by atoms with E-state index in [0.717, 1.165) is 38.2 Å². The van der Waals surface area contributed by atoms with Crippen molar-refractivity contribution in [1.82, 2.24) is 4.31 Å². The highest BCUT2D eigenvalue weighted by Crippen LogP contribution is 2.32. The Bertz CT molecular complexity index is 592. The minimum atomic E-state index is -3.98. The summed E-state index contributed by atoms with van der Waals surface area (Å²) in [7, 11) is -3.98. The molecule has 118 valence electrons. The molecule has 1 aromatic rings. The van der Waals surface area contributed by atoms with Gasteiger partial charge in [-0.1, -0.05) is 26.2 Å². The first kappa shape index (κ1) is 16.8. The summed E-state index contributed by atoms with van der Waals surface area (Å²) in [6, 6.07) is 1.47. The van der Waals surface area contributed by atoms with Crippen molar-refractivity contribution >= 4 is 26.0 Å². The zero-order chi connectivity index (χ0) is 15.6. The SMILES string of the molecule is CCN(C1CCCCC1)S(=O)(=O)c1c(F)cc(F)cc1Br. The standard InChI is InChI=1S/C14H18BrF2NO2S/c1-2-18(11-6-4-3-5-7-11)21(19,20)14-12(15)8-10(16)9-13(14)17/h8-9,11H,2-7H2,1H3. The zero-order valence-electron chi connectivity index (χ0n) is 11.8. The van der Waals surface area contributed by atoms with Crippen molar-refractivity contribution in [1.29, 1.82) is 0 Å². The second-order valence-electron chi connectivity index (χ2n) is 5.20. The van der Waals surface area contributed by atoms with Gasteiger partial charge in [-0.3, -0.25) is 0 Å². The van der Waals surface area contributed by atoms with Crippen LogP contribution in [-0.2, 0) is 10.0 Å². The van der Waals surface area contributed by atoms with Crippen LogP contribution in [-0.4, -0.2) is 25.3 Å². The maximum Gasteiger partial charge on any atom is 0.247 e. The Kier molecular flexibility index (Phi) is 5.38. The summed E-state index contributed by atoms with van der Waals surface area (Å²) in [5.74, 6) is -1.87. The summed E-state index contributed by atoms with van der Waals surface area (Å²) in [6.45, 7) is 2.01. The van der Waals surface area contributed by atoms with Crippen molar-refractivity contribution in [2.75, 3.05) is 6.54 Å². The Balaban J connectivity index is 2.44. The molecule has 0 amide bonds. The van der Waals surface area contributed by atoms with Crippen LogP contribution in [0.4, 0.5) is 8.78 Å². The highest BCUT2D eigenvalue weighted by Gasteiger charge is 2.34. The lowest BCUT2D eigenvalue weighted by Crippen LogP contribution is -2.41. The minimum Gasteiger partial charge on any atom is -0.207 e. The highest BCUT2D eigenvalue weighted by molar-refractivity contribution is 9.10. The van der Waals surface area contributed by atoms with E-state index >= 15 is 0 Å². The van der Waals surface area contributed by atoms with Gasteiger partial charge in [-0.25, -0.2) is 17.2 Å². The predicted octanol–water partition coefficient (Wildman–Crippen LogP) is 4.07. The summed E-state index contributed by atoms with van der Waals surface area (Å²) in [4.78, 5) is -0.476. The van der Waals surface area contributed by atoms with E-state index in [-0.39, 0.29) is 17.1 Å². The fourth-order valence-electron chi connectivity index (χ4n) is 2.89. The van der Waals surface area contributed by atoms with Crippen LogP contribution >= 0.6 is 15.9 Å². The number of rotatable bonds is 4. The van der Waals surface area contributed by atoms with Gasteiger partial charge in [-0.2, -0.15) is 4.31 Å². The normalized spacial score (nSPS) is 17.4. The molecular formula is C14H18BrF2NO2S. The quantitative estimate of drug-likeness (QED) is 0.787. The molecule has 0 N–H and O–H groups in total. The van der Waals surface area contributed by atoms with Crippen LogP contribution in [0.3, 0.4) is 0 Å². The average Bonchev–Trinajstić information content (AvgIpc) is 2.38. The number of hydrogen-bond donors (Lipinski definition) is 0. The molecule has 21 heavy (non-hydrogen) atoms.